The summed E-state index contributed by atoms with van der Waals surface area (Å²) in [5.41, 5.74) is 0. The molecule has 2 fully saturated rings. The van der Waals surface area contributed by atoms with Gasteiger partial charge < -0.3 is 14.7 Å². The minimum atomic E-state index is -0.309. The van der Waals surface area contributed by atoms with Crippen molar-refractivity contribution in [2.75, 3.05) is 26.3 Å². The molecule has 98 valence electrons. The van der Waals surface area contributed by atoms with Gasteiger partial charge in [-0.05, 0) is 38.0 Å². The van der Waals surface area contributed by atoms with Gasteiger partial charge in [0.25, 0.3) is 0 Å². The van der Waals surface area contributed by atoms with E-state index in [1.165, 1.54) is 0 Å². The number of carbonyl (C=O) groups excluding carboxylic acids is 1. The van der Waals surface area contributed by atoms with Crippen LogP contribution in [0.2, 0.25) is 0 Å². The van der Waals surface area contributed by atoms with Gasteiger partial charge in [-0.3, -0.25) is 4.79 Å². The van der Waals surface area contributed by atoms with Crippen molar-refractivity contribution in [1.82, 2.24) is 4.90 Å². The van der Waals surface area contributed by atoms with Gasteiger partial charge in [0.15, 0.2) is 0 Å². The number of rotatable bonds is 3. The molecule has 0 bridgehead atoms. The van der Waals surface area contributed by atoms with Crippen LogP contribution in [-0.4, -0.2) is 48.3 Å². The van der Waals surface area contributed by atoms with Gasteiger partial charge in [-0.2, -0.15) is 0 Å². The highest BCUT2D eigenvalue weighted by atomic mass is 16.5. The fraction of sp³-hybridized carbons (Fsp3) is 0.923. The predicted octanol–water partition coefficient (Wildman–Crippen LogP) is 1.18. The molecule has 2 saturated heterocycles. The Balaban J connectivity index is 1.69. The standard InChI is InChI=1S/C13H23NO3/c15-12-2-1-7-14(10-12)13(16)4-3-11-5-8-17-9-6-11/h11-12,15H,1-10H2. The lowest BCUT2D eigenvalue weighted by molar-refractivity contribution is -0.134. The van der Waals surface area contributed by atoms with Crippen molar-refractivity contribution in [3.8, 4) is 0 Å². The van der Waals surface area contributed by atoms with Gasteiger partial charge in [0.2, 0.25) is 5.91 Å². The molecule has 0 aromatic carbocycles. The molecule has 1 amide bonds. The molecule has 2 aliphatic heterocycles. The van der Waals surface area contributed by atoms with Gasteiger partial charge >= 0.3 is 0 Å². The van der Waals surface area contributed by atoms with E-state index in [-0.39, 0.29) is 12.0 Å². The van der Waals surface area contributed by atoms with Gasteiger partial charge in [-0.15, -0.1) is 0 Å². The number of ether oxygens (including phenoxy) is 1. The van der Waals surface area contributed by atoms with Gasteiger partial charge in [-0.1, -0.05) is 0 Å². The number of aliphatic hydroxyl groups excluding tert-OH is 1. The van der Waals surface area contributed by atoms with Crippen molar-refractivity contribution < 1.29 is 14.6 Å². The molecule has 0 saturated carbocycles. The van der Waals surface area contributed by atoms with E-state index in [4.69, 9.17) is 4.74 Å². The number of hydrogen-bond acceptors (Lipinski definition) is 3. The summed E-state index contributed by atoms with van der Waals surface area (Å²) in [7, 11) is 0. The van der Waals surface area contributed by atoms with E-state index in [1.54, 1.807) is 0 Å². The summed E-state index contributed by atoms with van der Waals surface area (Å²) in [6.07, 6.45) is 5.27. The molecular weight excluding hydrogens is 218 g/mol. The Morgan fingerprint density at radius 1 is 1.29 bits per heavy atom. The van der Waals surface area contributed by atoms with Crippen LogP contribution in [0.5, 0.6) is 0 Å². The number of aliphatic hydroxyl groups is 1. The predicted molar refractivity (Wildman–Crippen MR) is 64.6 cm³/mol. The highest BCUT2D eigenvalue weighted by molar-refractivity contribution is 5.76. The van der Waals surface area contributed by atoms with E-state index in [2.05, 4.69) is 0 Å². The number of likely N-dealkylation sites (tertiary alicyclic amines) is 1. The molecule has 1 N–H and O–H groups in total. The smallest absolute Gasteiger partial charge is 0.222 e. The molecule has 1 unspecified atom stereocenters. The fourth-order valence-corrected chi connectivity index (χ4v) is 2.70. The summed E-state index contributed by atoms with van der Waals surface area (Å²) in [5.74, 6) is 0.873. The molecule has 0 aliphatic carbocycles. The highest BCUT2D eigenvalue weighted by Gasteiger charge is 2.23. The molecule has 4 heteroatoms. The second-order valence-electron chi connectivity index (χ2n) is 5.23. The number of piperidine rings is 1. The van der Waals surface area contributed by atoms with Crippen molar-refractivity contribution >= 4 is 5.91 Å². The molecule has 4 nitrogen and oxygen atoms in total. The minimum Gasteiger partial charge on any atom is -0.391 e. The van der Waals surface area contributed by atoms with E-state index in [0.717, 1.165) is 51.9 Å². The number of amides is 1. The Morgan fingerprint density at radius 2 is 2.06 bits per heavy atom. The summed E-state index contributed by atoms with van der Waals surface area (Å²) < 4.78 is 5.31. The van der Waals surface area contributed by atoms with Gasteiger partial charge in [-0.25, -0.2) is 0 Å². The Hall–Kier alpha value is -0.610. The summed E-state index contributed by atoms with van der Waals surface area (Å²) in [6.45, 7) is 3.05. The first-order chi connectivity index (χ1) is 8.25. The lowest BCUT2D eigenvalue weighted by Crippen LogP contribution is -2.42. The van der Waals surface area contributed by atoms with E-state index >= 15 is 0 Å². The van der Waals surface area contributed by atoms with E-state index in [9.17, 15) is 9.90 Å². The van der Waals surface area contributed by atoms with Crippen LogP contribution in [0, 0.1) is 5.92 Å². The molecule has 17 heavy (non-hydrogen) atoms. The normalized spacial score (nSPS) is 27.1. The fourth-order valence-electron chi connectivity index (χ4n) is 2.70. The first-order valence-corrected chi connectivity index (χ1v) is 6.79. The minimum absolute atomic E-state index is 0.218. The first kappa shape index (κ1) is 12.8. The average molecular weight is 241 g/mol. The second-order valence-corrected chi connectivity index (χ2v) is 5.23. The van der Waals surface area contributed by atoms with Crippen molar-refractivity contribution in [2.24, 2.45) is 5.92 Å². The Labute approximate surface area is 103 Å². The SMILES string of the molecule is O=C(CCC1CCOCC1)N1CCCC(O)C1. The Bertz CT molecular complexity index is 251. The summed E-state index contributed by atoms with van der Waals surface area (Å²) >= 11 is 0. The van der Waals surface area contributed by atoms with Crippen molar-refractivity contribution in [1.29, 1.82) is 0 Å². The second kappa shape index (κ2) is 6.36. The number of carbonyl (C=O) groups is 1. The zero-order valence-electron chi connectivity index (χ0n) is 10.4. The third kappa shape index (κ3) is 3.96. The van der Waals surface area contributed by atoms with Gasteiger partial charge in [0.05, 0.1) is 6.10 Å². The third-order valence-electron chi connectivity index (χ3n) is 3.86. The van der Waals surface area contributed by atoms with Crippen molar-refractivity contribution in [2.45, 2.75) is 44.6 Å². The molecule has 1 atom stereocenters. The first-order valence-electron chi connectivity index (χ1n) is 6.79. The lowest BCUT2D eigenvalue weighted by atomic mass is 9.94. The molecule has 0 radical (unpaired) electrons. The average Bonchev–Trinajstić information content (AvgIpc) is 2.37. The van der Waals surface area contributed by atoms with E-state index in [0.29, 0.717) is 18.9 Å². The molecule has 2 heterocycles. The maximum Gasteiger partial charge on any atom is 0.222 e. The topological polar surface area (TPSA) is 49.8 Å². The summed E-state index contributed by atoms with van der Waals surface area (Å²) in [4.78, 5) is 13.8. The number of β-amino-alcohol motifs (C(OH)–C–C–N with tert-alkyl or cyclic N) is 1. The van der Waals surface area contributed by atoms with E-state index < -0.39 is 0 Å². The molecule has 0 aromatic rings. The van der Waals surface area contributed by atoms with Crippen LogP contribution in [0.1, 0.15) is 38.5 Å². The maximum absolute atomic E-state index is 12.0. The quantitative estimate of drug-likeness (QED) is 0.807. The summed E-state index contributed by atoms with van der Waals surface area (Å²) in [6, 6.07) is 0. The largest absolute Gasteiger partial charge is 0.391 e. The van der Waals surface area contributed by atoms with Crippen LogP contribution in [0.4, 0.5) is 0 Å². The zero-order valence-corrected chi connectivity index (χ0v) is 10.4. The molecule has 0 aromatic heterocycles. The Kier molecular flexibility index (Phi) is 4.80. The monoisotopic (exact) mass is 241 g/mol. The number of hydrogen-bond donors (Lipinski definition) is 1. The van der Waals surface area contributed by atoms with Crippen molar-refractivity contribution in [3.05, 3.63) is 0 Å². The zero-order chi connectivity index (χ0) is 12.1. The molecular formula is C13H23NO3. The maximum atomic E-state index is 12.0. The van der Waals surface area contributed by atoms with Gasteiger partial charge in [0, 0.05) is 32.7 Å². The molecule has 2 aliphatic rings. The molecule has 2 rings (SSSR count). The number of nitrogens with zero attached hydrogens (tertiary/aromatic N) is 1. The van der Waals surface area contributed by atoms with Gasteiger partial charge in [0.1, 0.15) is 0 Å². The van der Waals surface area contributed by atoms with E-state index in [1.807, 2.05) is 4.90 Å². The third-order valence-corrected chi connectivity index (χ3v) is 3.86. The molecule has 0 spiro atoms. The van der Waals surface area contributed by atoms with Crippen LogP contribution >= 0.6 is 0 Å². The van der Waals surface area contributed by atoms with Crippen molar-refractivity contribution in [3.63, 3.8) is 0 Å². The Morgan fingerprint density at radius 3 is 2.76 bits per heavy atom. The van der Waals surface area contributed by atoms with Crippen LogP contribution in [0.15, 0.2) is 0 Å². The van der Waals surface area contributed by atoms with Crippen LogP contribution in [0.3, 0.4) is 0 Å². The van der Waals surface area contributed by atoms with Crippen LogP contribution in [-0.2, 0) is 9.53 Å². The van der Waals surface area contributed by atoms with Crippen LogP contribution in [0.25, 0.3) is 0 Å². The highest BCUT2D eigenvalue weighted by Crippen LogP contribution is 2.21. The lowest BCUT2D eigenvalue weighted by Gasteiger charge is -2.31. The summed E-state index contributed by atoms with van der Waals surface area (Å²) in [5, 5.41) is 9.53. The van der Waals surface area contributed by atoms with Crippen LogP contribution < -0.4 is 0 Å².